The fraction of sp³-hybridized carbons (Fsp3) is 0.389. The molecule has 0 N–H and O–H groups in total. The second-order valence-corrected chi connectivity index (χ2v) is 7.10. The number of thioether (sulfide) groups is 1. The lowest BCUT2D eigenvalue weighted by atomic mass is 9.92. The zero-order chi connectivity index (χ0) is 17.4. The van der Waals surface area contributed by atoms with Crippen LogP contribution in [0.25, 0.3) is 0 Å². The maximum atomic E-state index is 12.4. The summed E-state index contributed by atoms with van der Waals surface area (Å²) < 4.78 is 4.95. The Labute approximate surface area is 145 Å². The average Bonchev–Trinajstić information content (AvgIpc) is 2.93. The Morgan fingerprint density at radius 3 is 2.58 bits per heavy atom. The maximum Gasteiger partial charge on any atom is 0.338 e. The highest BCUT2D eigenvalue weighted by Crippen LogP contribution is 2.41. The molecular weight excluding hydrogens is 324 g/mol. The molecule has 6 heteroatoms. The van der Waals surface area contributed by atoms with Crippen LogP contribution in [0.2, 0.25) is 0 Å². The second-order valence-electron chi connectivity index (χ2n) is 6.16. The van der Waals surface area contributed by atoms with Crippen molar-refractivity contribution in [3.63, 3.8) is 0 Å². The van der Waals surface area contributed by atoms with E-state index in [1.165, 1.54) is 24.4 Å². The standard InChI is InChI=1S/C18H20N2O3S/c1-10(2)12-5-7-13(8-6-12)16-15(17(22)23-4)11(3)19-18-20(16)14(21)9-24-18/h5-8,10,16H,9H2,1-4H3/t16-/m1/s1. The van der Waals surface area contributed by atoms with E-state index >= 15 is 0 Å². The minimum absolute atomic E-state index is 0.0365. The Bertz CT molecular complexity index is 750. The summed E-state index contributed by atoms with van der Waals surface area (Å²) >= 11 is 1.41. The van der Waals surface area contributed by atoms with Gasteiger partial charge in [0, 0.05) is 0 Å². The molecule has 0 saturated carbocycles. The van der Waals surface area contributed by atoms with Crippen LogP contribution in [0.4, 0.5) is 0 Å². The molecular formula is C18H20N2O3S. The highest BCUT2D eigenvalue weighted by Gasteiger charge is 2.43. The molecule has 1 aromatic carbocycles. The number of amidine groups is 1. The largest absolute Gasteiger partial charge is 0.466 e. The predicted molar refractivity (Wildman–Crippen MR) is 94.7 cm³/mol. The summed E-state index contributed by atoms with van der Waals surface area (Å²) in [5, 5.41) is 0.656. The van der Waals surface area contributed by atoms with Crippen molar-refractivity contribution >= 4 is 28.8 Å². The van der Waals surface area contributed by atoms with E-state index in [0.717, 1.165) is 5.56 Å². The van der Waals surface area contributed by atoms with Gasteiger partial charge in [0.2, 0.25) is 5.91 Å². The molecule has 2 heterocycles. The fourth-order valence-corrected chi connectivity index (χ4v) is 3.93. The lowest BCUT2D eigenvalue weighted by Gasteiger charge is -2.32. The number of esters is 1. The maximum absolute atomic E-state index is 12.4. The van der Waals surface area contributed by atoms with E-state index in [2.05, 4.69) is 18.8 Å². The van der Waals surface area contributed by atoms with E-state index in [-0.39, 0.29) is 5.91 Å². The van der Waals surface area contributed by atoms with Gasteiger partial charge in [-0.3, -0.25) is 9.69 Å². The van der Waals surface area contributed by atoms with Gasteiger partial charge in [0.15, 0.2) is 5.17 Å². The van der Waals surface area contributed by atoms with Crippen LogP contribution in [-0.4, -0.2) is 34.8 Å². The van der Waals surface area contributed by atoms with Crippen molar-refractivity contribution < 1.29 is 14.3 Å². The Morgan fingerprint density at radius 2 is 2.00 bits per heavy atom. The van der Waals surface area contributed by atoms with E-state index in [9.17, 15) is 9.59 Å². The molecule has 2 aliphatic rings. The van der Waals surface area contributed by atoms with E-state index in [1.54, 1.807) is 11.8 Å². The number of aliphatic imine (C=N–C) groups is 1. The molecule has 2 aliphatic heterocycles. The SMILES string of the molecule is COC(=O)C1=C(C)N=C2SCC(=O)N2[C@@H]1c1ccc(C(C)C)cc1. The van der Waals surface area contributed by atoms with Gasteiger partial charge in [0.1, 0.15) is 0 Å². The van der Waals surface area contributed by atoms with Crippen molar-refractivity contribution in [1.29, 1.82) is 0 Å². The Balaban J connectivity index is 2.11. The minimum atomic E-state index is -0.478. The van der Waals surface area contributed by atoms with Gasteiger partial charge in [-0.2, -0.15) is 0 Å². The first-order valence-electron chi connectivity index (χ1n) is 7.86. The molecule has 126 valence electrons. The third-order valence-electron chi connectivity index (χ3n) is 4.31. The van der Waals surface area contributed by atoms with Crippen molar-refractivity contribution in [2.75, 3.05) is 12.9 Å². The number of hydrogen-bond donors (Lipinski definition) is 0. The number of benzene rings is 1. The van der Waals surface area contributed by atoms with Crippen LogP contribution >= 0.6 is 11.8 Å². The smallest absolute Gasteiger partial charge is 0.338 e. The van der Waals surface area contributed by atoms with E-state index in [0.29, 0.717) is 28.1 Å². The van der Waals surface area contributed by atoms with Crippen LogP contribution in [0.5, 0.6) is 0 Å². The van der Waals surface area contributed by atoms with Crippen molar-refractivity contribution in [1.82, 2.24) is 4.90 Å². The number of carbonyl (C=O) groups is 2. The molecule has 0 bridgehead atoms. The van der Waals surface area contributed by atoms with E-state index in [1.807, 2.05) is 24.3 Å². The van der Waals surface area contributed by atoms with Gasteiger partial charge in [-0.05, 0) is 24.0 Å². The van der Waals surface area contributed by atoms with Gasteiger partial charge < -0.3 is 4.74 Å². The predicted octanol–water partition coefficient (Wildman–Crippen LogP) is 3.24. The van der Waals surface area contributed by atoms with Crippen LogP contribution in [0.3, 0.4) is 0 Å². The molecule has 3 rings (SSSR count). The number of amides is 1. The molecule has 0 aliphatic carbocycles. The Morgan fingerprint density at radius 1 is 1.33 bits per heavy atom. The first kappa shape index (κ1) is 16.8. The number of nitrogens with zero attached hydrogens (tertiary/aromatic N) is 2. The van der Waals surface area contributed by atoms with Crippen molar-refractivity contribution in [3.8, 4) is 0 Å². The molecule has 1 saturated heterocycles. The van der Waals surface area contributed by atoms with Crippen LogP contribution in [-0.2, 0) is 14.3 Å². The van der Waals surface area contributed by atoms with Gasteiger partial charge in [-0.1, -0.05) is 49.9 Å². The average molecular weight is 344 g/mol. The van der Waals surface area contributed by atoms with Crippen molar-refractivity contribution in [2.45, 2.75) is 32.7 Å². The van der Waals surface area contributed by atoms with Crippen molar-refractivity contribution in [3.05, 3.63) is 46.7 Å². The highest BCUT2D eigenvalue weighted by molar-refractivity contribution is 8.15. The van der Waals surface area contributed by atoms with E-state index in [4.69, 9.17) is 4.74 Å². The van der Waals surface area contributed by atoms with Crippen LogP contribution < -0.4 is 0 Å². The minimum Gasteiger partial charge on any atom is -0.466 e. The summed E-state index contributed by atoms with van der Waals surface area (Å²) in [5.74, 6) is 0.286. The van der Waals surface area contributed by atoms with Gasteiger partial charge >= 0.3 is 5.97 Å². The highest BCUT2D eigenvalue weighted by atomic mass is 32.2. The molecule has 1 atom stereocenters. The van der Waals surface area contributed by atoms with Crippen molar-refractivity contribution in [2.24, 2.45) is 4.99 Å². The monoisotopic (exact) mass is 344 g/mol. The summed E-state index contributed by atoms with van der Waals surface area (Å²) in [6.07, 6.45) is 0. The quantitative estimate of drug-likeness (QED) is 0.790. The number of methoxy groups -OCH3 is 1. The Kier molecular flexibility index (Phi) is 4.49. The fourth-order valence-electron chi connectivity index (χ4n) is 2.99. The van der Waals surface area contributed by atoms with Crippen LogP contribution in [0.15, 0.2) is 40.5 Å². The summed E-state index contributed by atoms with van der Waals surface area (Å²) in [6.45, 7) is 6.05. The number of ether oxygens (including phenoxy) is 1. The lowest BCUT2D eigenvalue weighted by molar-refractivity contribution is -0.137. The second kappa shape index (κ2) is 6.43. The summed E-state index contributed by atoms with van der Waals surface area (Å²) in [6, 6.07) is 7.58. The third kappa shape index (κ3) is 2.75. The van der Waals surface area contributed by atoms with Gasteiger partial charge in [0.25, 0.3) is 0 Å². The normalized spacial score (nSPS) is 20.4. The lowest BCUT2D eigenvalue weighted by Crippen LogP contribution is -2.39. The molecule has 0 unspecified atom stereocenters. The van der Waals surface area contributed by atoms with Crippen LogP contribution in [0, 0.1) is 0 Å². The zero-order valence-electron chi connectivity index (χ0n) is 14.2. The molecule has 5 nitrogen and oxygen atoms in total. The number of hydrogen-bond acceptors (Lipinski definition) is 5. The molecule has 1 fully saturated rings. The number of carbonyl (C=O) groups excluding carboxylic acids is 2. The first-order valence-corrected chi connectivity index (χ1v) is 8.85. The zero-order valence-corrected chi connectivity index (χ0v) is 15.0. The molecule has 0 aromatic heterocycles. The van der Waals surface area contributed by atoms with Gasteiger partial charge in [-0.25, -0.2) is 9.79 Å². The van der Waals surface area contributed by atoms with Crippen LogP contribution in [0.1, 0.15) is 43.9 Å². The molecule has 1 aromatic rings. The summed E-state index contributed by atoms with van der Waals surface area (Å²) in [4.78, 5) is 30.8. The third-order valence-corrected chi connectivity index (χ3v) is 5.25. The van der Waals surface area contributed by atoms with Gasteiger partial charge in [0.05, 0.1) is 30.2 Å². The summed E-state index contributed by atoms with van der Waals surface area (Å²) in [5.41, 5.74) is 3.14. The molecule has 1 amide bonds. The topological polar surface area (TPSA) is 59.0 Å². The number of allylic oxidation sites excluding steroid dienone is 1. The molecule has 0 radical (unpaired) electrons. The van der Waals surface area contributed by atoms with E-state index < -0.39 is 12.0 Å². The Hall–Kier alpha value is -2.08. The first-order chi connectivity index (χ1) is 11.4. The molecule has 0 spiro atoms. The number of fused-ring (bicyclic) bond motifs is 1. The summed E-state index contributed by atoms with van der Waals surface area (Å²) in [7, 11) is 1.35. The number of rotatable bonds is 3. The molecule has 24 heavy (non-hydrogen) atoms. The van der Waals surface area contributed by atoms with Gasteiger partial charge in [-0.15, -0.1) is 0 Å².